The molecule has 1 heterocycles. The predicted octanol–water partition coefficient (Wildman–Crippen LogP) is 3.40. The Kier molecular flexibility index (Phi) is 6.81. The molecule has 0 spiro atoms. The number of nitriles is 1. The molecule has 0 unspecified atom stereocenters. The lowest BCUT2D eigenvalue weighted by molar-refractivity contribution is -0.258. The van der Waals surface area contributed by atoms with Gasteiger partial charge in [-0.05, 0) is 30.7 Å². The molecule has 0 bridgehead atoms. The number of rotatable bonds is 5. The van der Waals surface area contributed by atoms with Crippen molar-refractivity contribution in [3.63, 3.8) is 0 Å². The first-order valence-corrected chi connectivity index (χ1v) is 11.7. The number of hydrogen-bond acceptors (Lipinski definition) is 6. The smallest absolute Gasteiger partial charge is 0.376 e. The predicted molar refractivity (Wildman–Crippen MR) is 118 cm³/mol. The third-order valence-electron chi connectivity index (χ3n) is 5.66. The average molecular weight is 486 g/mol. The van der Waals surface area contributed by atoms with Crippen molar-refractivity contribution in [2.75, 3.05) is 24.5 Å². The van der Waals surface area contributed by atoms with E-state index < -0.39 is 27.8 Å². The van der Waals surface area contributed by atoms with Crippen molar-refractivity contribution in [2.24, 2.45) is 0 Å². The standard InChI is InChI=1S/C21H22F3N3O3S2/c1-20(28,21(22,23)24)15-6-8-16(9-7-15)27-13-12-26(14-17(27)10-11-25)32(29,30)19-5-3-2-4-18(19)31/h2-3,5-9,17,28H,4,10,12-14H2,1H3/t17-,20+/m1/s1. The monoisotopic (exact) mass is 485 g/mol. The van der Waals surface area contributed by atoms with Crippen LogP contribution in [0.15, 0.2) is 47.4 Å². The Hall–Kier alpha value is -2.26. The van der Waals surface area contributed by atoms with Crippen molar-refractivity contribution in [1.29, 1.82) is 5.26 Å². The van der Waals surface area contributed by atoms with Gasteiger partial charge in [0.2, 0.25) is 10.0 Å². The number of sulfonamides is 1. The molecule has 1 aromatic carbocycles. The summed E-state index contributed by atoms with van der Waals surface area (Å²) in [5.74, 6) is 0. The minimum atomic E-state index is -4.83. The molecule has 0 radical (unpaired) electrons. The molecular weight excluding hydrogens is 463 g/mol. The molecule has 1 saturated heterocycles. The van der Waals surface area contributed by atoms with E-state index in [0.29, 0.717) is 23.9 Å². The van der Waals surface area contributed by atoms with Gasteiger partial charge in [-0.2, -0.15) is 22.7 Å². The van der Waals surface area contributed by atoms with E-state index in [9.17, 15) is 32.0 Å². The summed E-state index contributed by atoms with van der Waals surface area (Å²) in [7, 11) is -3.83. The molecule has 6 nitrogen and oxygen atoms in total. The molecule has 1 fully saturated rings. The highest BCUT2D eigenvalue weighted by molar-refractivity contribution is 7.96. The van der Waals surface area contributed by atoms with Gasteiger partial charge in [0, 0.05) is 36.6 Å². The zero-order valence-electron chi connectivity index (χ0n) is 17.2. The van der Waals surface area contributed by atoms with Crippen LogP contribution in [0.3, 0.4) is 0 Å². The maximum absolute atomic E-state index is 13.1. The molecule has 32 heavy (non-hydrogen) atoms. The molecule has 2 atom stereocenters. The lowest BCUT2D eigenvalue weighted by Gasteiger charge is -2.41. The second-order valence-corrected chi connectivity index (χ2v) is 10.2. The van der Waals surface area contributed by atoms with E-state index in [1.807, 2.05) is 6.07 Å². The fourth-order valence-corrected chi connectivity index (χ4v) is 5.77. The number of piperazine rings is 1. The molecule has 1 N–H and O–H groups in total. The SMILES string of the molecule is C[C@](O)(c1ccc(N2CCN(S(=O)(=O)C3=CC=CCC3=S)C[C@H]2CC#N)cc1)C(F)(F)F. The van der Waals surface area contributed by atoms with E-state index in [4.69, 9.17) is 12.2 Å². The van der Waals surface area contributed by atoms with Gasteiger partial charge in [-0.15, -0.1) is 0 Å². The first-order chi connectivity index (χ1) is 14.9. The number of aliphatic hydroxyl groups is 1. The molecule has 3 rings (SSSR count). The van der Waals surface area contributed by atoms with Gasteiger partial charge >= 0.3 is 6.18 Å². The highest BCUT2D eigenvalue weighted by Crippen LogP contribution is 2.39. The number of benzene rings is 1. The Morgan fingerprint density at radius 3 is 2.47 bits per heavy atom. The molecule has 11 heteroatoms. The maximum Gasteiger partial charge on any atom is 0.421 e. The van der Waals surface area contributed by atoms with Crippen LogP contribution in [0.25, 0.3) is 0 Å². The van der Waals surface area contributed by atoms with Crippen LogP contribution in [0.2, 0.25) is 0 Å². The Morgan fingerprint density at radius 1 is 1.25 bits per heavy atom. The first kappa shape index (κ1) is 24.4. The summed E-state index contributed by atoms with van der Waals surface area (Å²) in [6.45, 7) is 1.11. The third kappa shape index (κ3) is 4.59. The van der Waals surface area contributed by atoms with Gasteiger partial charge in [-0.3, -0.25) is 0 Å². The summed E-state index contributed by atoms with van der Waals surface area (Å²) in [5.41, 5.74) is -2.76. The van der Waals surface area contributed by atoms with Crippen molar-refractivity contribution in [3.05, 3.63) is 53.0 Å². The minimum absolute atomic E-state index is 0.0252. The normalized spacial score (nSPS) is 22.2. The van der Waals surface area contributed by atoms with Crippen molar-refractivity contribution in [1.82, 2.24) is 4.31 Å². The molecule has 0 amide bonds. The Bertz CT molecular complexity index is 1090. The van der Waals surface area contributed by atoms with Crippen LogP contribution in [0, 0.1) is 11.3 Å². The zero-order chi connectivity index (χ0) is 23.7. The van der Waals surface area contributed by atoms with Crippen LogP contribution < -0.4 is 4.90 Å². The van der Waals surface area contributed by atoms with Gasteiger partial charge in [-0.25, -0.2) is 8.42 Å². The maximum atomic E-state index is 13.1. The largest absolute Gasteiger partial charge is 0.421 e. The van der Waals surface area contributed by atoms with Crippen molar-refractivity contribution in [3.8, 4) is 6.07 Å². The number of thiocarbonyl (C=S) groups is 1. The molecule has 1 aliphatic carbocycles. The molecule has 2 aliphatic rings. The number of alkyl halides is 3. The molecule has 1 aromatic rings. The zero-order valence-corrected chi connectivity index (χ0v) is 18.8. The van der Waals surface area contributed by atoms with Crippen LogP contribution in [-0.2, 0) is 15.6 Å². The summed E-state index contributed by atoms with van der Waals surface area (Å²) >= 11 is 5.20. The molecule has 0 saturated carbocycles. The molecule has 172 valence electrons. The van der Waals surface area contributed by atoms with Crippen LogP contribution in [0.1, 0.15) is 25.3 Å². The van der Waals surface area contributed by atoms with E-state index >= 15 is 0 Å². The summed E-state index contributed by atoms with van der Waals surface area (Å²) in [5, 5.41) is 19.1. The summed E-state index contributed by atoms with van der Waals surface area (Å²) in [4.78, 5) is 2.21. The summed E-state index contributed by atoms with van der Waals surface area (Å²) in [6.07, 6.45) is 0.452. The number of allylic oxidation sites excluding steroid dienone is 4. The second kappa shape index (κ2) is 8.94. The highest BCUT2D eigenvalue weighted by Gasteiger charge is 2.51. The first-order valence-electron chi connectivity index (χ1n) is 9.83. The van der Waals surface area contributed by atoms with Gasteiger partial charge in [0.25, 0.3) is 0 Å². The summed E-state index contributed by atoms with van der Waals surface area (Å²) in [6, 6.07) is 6.81. The van der Waals surface area contributed by atoms with Crippen LogP contribution in [0.5, 0.6) is 0 Å². The van der Waals surface area contributed by atoms with E-state index in [0.717, 1.165) is 0 Å². The fraction of sp³-hybridized carbons (Fsp3) is 0.429. The Balaban J connectivity index is 1.83. The number of halogens is 3. The fourth-order valence-electron chi connectivity index (χ4n) is 3.70. The van der Waals surface area contributed by atoms with Crippen molar-refractivity contribution in [2.45, 2.75) is 37.6 Å². The lowest BCUT2D eigenvalue weighted by Crippen LogP contribution is -2.55. The van der Waals surface area contributed by atoms with Gasteiger partial charge in [-0.1, -0.05) is 36.5 Å². The van der Waals surface area contributed by atoms with E-state index in [-0.39, 0.29) is 36.5 Å². The van der Waals surface area contributed by atoms with Crippen LogP contribution in [-0.4, -0.2) is 54.5 Å². The van der Waals surface area contributed by atoms with Gasteiger partial charge in [0.15, 0.2) is 5.60 Å². The average Bonchev–Trinajstić information content (AvgIpc) is 2.73. The Labute approximate surface area is 190 Å². The van der Waals surface area contributed by atoms with E-state index in [1.54, 1.807) is 17.1 Å². The minimum Gasteiger partial charge on any atom is -0.376 e. The molecule has 1 aliphatic heterocycles. The van der Waals surface area contributed by atoms with Crippen molar-refractivity contribution >= 4 is 32.8 Å². The molecule has 0 aromatic heterocycles. The highest BCUT2D eigenvalue weighted by atomic mass is 32.2. The third-order valence-corrected chi connectivity index (χ3v) is 8.13. The van der Waals surface area contributed by atoms with Crippen LogP contribution >= 0.6 is 12.2 Å². The van der Waals surface area contributed by atoms with Gasteiger partial charge in [0.1, 0.15) is 0 Å². The number of hydrogen-bond donors (Lipinski definition) is 1. The molecular formula is C21H22F3N3O3S2. The van der Waals surface area contributed by atoms with Gasteiger partial charge in [0.05, 0.1) is 23.4 Å². The lowest BCUT2D eigenvalue weighted by atomic mass is 9.95. The topological polar surface area (TPSA) is 84.6 Å². The van der Waals surface area contributed by atoms with E-state index in [1.165, 1.54) is 34.6 Å². The second-order valence-electron chi connectivity index (χ2n) is 7.78. The number of anilines is 1. The van der Waals surface area contributed by atoms with Gasteiger partial charge < -0.3 is 10.0 Å². The number of nitrogens with zero attached hydrogens (tertiary/aromatic N) is 3. The summed E-state index contributed by atoms with van der Waals surface area (Å²) < 4.78 is 66.8. The van der Waals surface area contributed by atoms with E-state index in [2.05, 4.69) is 0 Å². The Morgan fingerprint density at radius 2 is 1.91 bits per heavy atom. The van der Waals surface area contributed by atoms with Crippen LogP contribution in [0.4, 0.5) is 18.9 Å². The van der Waals surface area contributed by atoms with Crippen molar-refractivity contribution < 1.29 is 26.7 Å². The quantitative estimate of drug-likeness (QED) is 0.644.